The third kappa shape index (κ3) is 2.30. The van der Waals surface area contributed by atoms with Gasteiger partial charge >= 0.3 is 0 Å². The Hall–Kier alpha value is -0.640. The molecular weight excluding hydrogens is 270 g/mol. The molecule has 0 radical (unpaired) electrons. The Kier molecular flexibility index (Phi) is 3.24. The molecule has 1 heterocycles. The summed E-state index contributed by atoms with van der Waals surface area (Å²) in [6.07, 6.45) is 0. The van der Waals surface area contributed by atoms with Gasteiger partial charge in [0.05, 0.1) is 6.04 Å². The molecular formula is C12H12BrNS. The van der Waals surface area contributed by atoms with Crippen molar-refractivity contribution in [2.75, 3.05) is 0 Å². The van der Waals surface area contributed by atoms with Gasteiger partial charge in [-0.1, -0.05) is 34.1 Å². The van der Waals surface area contributed by atoms with Crippen molar-refractivity contribution in [3.8, 4) is 0 Å². The molecule has 0 spiro atoms. The summed E-state index contributed by atoms with van der Waals surface area (Å²) in [5.74, 6) is 0. The smallest absolute Gasteiger partial charge is 0.0646 e. The summed E-state index contributed by atoms with van der Waals surface area (Å²) in [4.78, 5) is 1.20. The molecule has 2 rings (SSSR count). The fraction of sp³-hybridized carbons (Fsp3) is 0.167. The fourth-order valence-electron chi connectivity index (χ4n) is 1.44. The van der Waals surface area contributed by atoms with Gasteiger partial charge in [0.1, 0.15) is 0 Å². The van der Waals surface area contributed by atoms with Gasteiger partial charge in [-0.3, -0.25) is 0 Å². The van der Waals surface area contributed by atoms with Crippen LogP contribution >= 0.6 is 27.3 Å². The van der Waals surface area contributed by atoms with Crippen LogP contribution in [0.4, 0.5) is 0 Å². The molecule has 0 fully saturated rings. The number of thiophene rings is 1. The van der Waals surface area contributed by atoms with E-state index < -0.39 is 0 Å². The standard InChI is InChI=1S/C12H12BrNS/c1-8-4-5-9(7-10(8)13)12(14)11-3-2-6-15-11/h2-7,12H,14H2,1H3/t12-/m1/s1. The van der Waals surface area contributed by atoms with Gasteiger partial charge < -0.3 is 5.73 Å². The molecule has 2 N–H and O–H groups in total. The molecule has 3 heteroatoms. The van der Waals surface area contributed by atoms with E-state index in [4.69, 9.17) is 5.73 Å². The van der Waals surface area contributed by atoms with Crippen LogP contribution in [0.3, 0.4) is 0 Å². The van der Waals surface area contributed by atoms with Gasteiger partial charge in [-0.25, -0.2) is 0 Å². The summed E-state index contributed by atoms with van der Waals surface area (Å²) < 4.78 is 1.12. The third-order valence-corrected chi connectivity index (χ3v) is 4.21. The Labute approximate surface area is 102 Å². The van der Waals surface area contributed by atoms with Crippen LogP contribution in [0.2, 0.25) is 0 Å². The maximum atomic E-state index is 6.17. The molecule has 0 unspecified atom stereocenters. The highest BCUT2D eigenvalue weighted by Crippen LogP contribution is 2.27. The molecule has 2 aromatic rings. The first-order valence-electron chi connectivity index (χ1n) is 4.73. The van der Waals surface area contributed by atoms with E-state index >= 15 is 0 Å². The van der Waals surface area contributed by atoms with Crippen LogP contribution in [0.1, 0.15) is 22.0 Å². The van der Waals surface area contributed by atoms with Gasteiger partial charge in [0.15, 0.2) is 0 Å². The SMILES string of the molecule is Cc1ccc([C@@H](N)c2cccs2)cc1Br. The van der Waals surface area contributed by atoms with Crippen LogP contribution in [0, 0.1) is 6.92 Å². The van der Waals surface area contributed by atoms with Crippen LogP contribution in [0.25, 0.3) is 0 Å². The molecule has 1 aromatic heterocycles. The second kappa shape index (κ2) is 4.47. The molecule has 0 aliphatic rings. The molecule has 1 aromatic carbocycles. The molecule has 1 nitrogen and oxygen atoms in total. The van der Waals surface area contributed by atoms with Crippen molar-refractivity contribution >= 4 is 27.3 Å². The fourth-order valence-corrected chi connectivity index (χ4v) is 2.59. The largest absolute Gasteiger partial charge is 0.320 e. The van der Waals surface area contributed by atoms with E-state index in [1.807, 2.05) is 6.07 Å². The Bertz CT molecular complexity index is 451. The third-order valence-electron chi connectivity index (χ3n) is 2.40. The number of aryl methyl sites for hydroxylation is 1. The monoisotopic (exact) mass is 281 g/mol. The van der Waals surface area contributed by atoms with Crippen LogP contribution in [0.15, 0.2) is 40.2 Å². The van der Waals surface area contributed by atoms with Crippen molar-refractivity contribution in [1.82, 2.24) is 0 Å². The van der Waals surface area contributed by atoms with Gasteiger partial charge in [-0.15, -0.1) is 11.3 Å². The van der Waals surface area contributed by atoms with Crippen molar-refractivity contribution < 1.29 is 0 Å². The normalized spacial score (nSPS) is 12.7. The van der Waals surface area contributed by atoms with Crippen LogP contribution in [0.5, 0.6) is 0 Å². The number of hydrogen-bond acceptors (Lipinski definition) is 2. The molecule has 78 valence electrons. The van der Waals surface area contributed by atoms with E-state index in [1.165, 1.54) is 10.4 Å². The van der Waals surface area contributed by atoms with Crippen molar-refractivity contribution in [2.24, 2.45) is 5.73 Å². The predicted molar refractivity (Wildman–Crippen MR) is 69.2 cm³/mol. The molecule has 0 aliphatic carbocycles. The van der Waals surface area contributed by atoms with Gasteiger partial charge in [0, 0.05) is 9.35 Å². The molecule has 0 saturated carbocycles. The maximum Gasteiger partial charge on any atom is 0.0646 e. The quantitative estimate of drug-likeness (QED) is 0.889. The predicted octanol–water partition coefficient (Wildman–Crippen LogP) is 3.87. The van der Waals surface area contributed by atoms with Crippen LogP contribution in [-0.4, -0.2) is 0 Å². The number of nitrogens with two attached hydrogens (primary N) is 1. The second-order valence-corrected chi connectivity index (χ2v) is 5.34. The minimum Gasteiger partial charge on any atom is -0.320 e. The zero-order valence-corrected chi connectivity index (χ0v) is 10.8. The average Bonchev–Trinajstić information content (AvgIpc) is 2.74. The van der Waals surface area contributed by atoms with E-state index in [-0.39, 0.29) is 6.04 Å². The molecule has 15 heavy (non-hydrogen) atoms. The first-order valence-corrected chi connectivity index (χ1v) is 6.41. The lowest BCUT2D eigenvalue weighted by Gasteiger charge is -2.11. The molecule has 0 bridgehead atoms. The lowest BCUT2D eigenvalue weighted by Crippen LogP contribution is -2.10. The van der Waals surface area contributed by atoms with Crippen molar-refractivity contribution in [2.45, 2.75) is 13.0 Å². The molecule has 0 aliphatic heterocycles. The summed E-state index contributed by atoms with van der Waals surface area (Å²) in [7, 11) is 0. The maximum absolute atomic E-state index is 6.17. The first kappa shape index (κ1) is 10.9. The minimum absolute atomic E-state index is 0.0121. The summed E-state index contributed by atoms with van der Waals surface area (Å²) in [6.45, 7) is 2.07. The Morgan fingerprint density at radius 3 is 2.73 bits per heavy atom. The number of halogens is 1. The highest BCUT2D eigenvalue weighted by atomic mass is 79.9. The van der Waals surface area contributed by atoms with Crippen molar-refractivity contribution in [1.29, 1.82) is 0 Å². The molecule has 0 saturated heterocycles. The van der Waals surface area contributed by atoms with Gasteiger partial charge in [0.2, 0.25) is 0 Å². The summed E-state index contributed by atoms with van der Waals surface area (Å²) >= 11 is 5.22. The van der Waals surface area contributed by atoms with Gasteiger partial charge in [-0.05, 0) is 35.6 Å². The van der Waals surface area contributed by atoms with Crippen LogP contribution in [-0.2, 0) is 0 Å². The highest BCUT2D eigenvalue weighted by Gasteiger charge is 2.10. The van der Waals surface area contributed by atoms with Gasteiger partial charge in [0.25, 0.3) is 0 Å². The Morgan fingerprint density at radius 1 is 1.33 bits per heavy atom. The van der Waals surface area contributed by atoms with Gasteiger partial charge in [-0.2, -0.15) is 0 Å². The zero-order valence-electron chi connectivity index (χ0n) is 8.41. The number of hydrogen-bond donors (Lipinski definition) is 1. The Balaban J connectivity index is 2.34. The summed E-state index contributed by atoms with van der Waals surface area (Å²) in [5.41, 5.74) is 8.55. The summed E-state index contributed by atoms with van der Waals surface area (Å²) in [6, 6.07) is 10.4. The van der Waals surface area contributed by atoms with E-state index in [9.17, 15) is 0 Å². The van der Waals surface area contributed by atoms with Crippen molar-refractivity contribution in [3.05, 3.63) is 56.2 Å². The van der Waals surface area contributed by atoms with E-state index in [0.29, 0.717) is 0 Å². The number of benzene rings is 1. The topological polar surface area (TPSA) is 26.0 Å². The first-order chi connectivity index (χ1) is 7.18. The average molecular weight is 282 g/mol. The molecule has 1 atom stereocenters. The summed E-state index contributed by atoms with van der Waals surface area (Å²) in [5, 5.41) is 2.05. The minimum atomic E-state index is -0.0121. The Morgan fingerprint density at radius 2 is 2.13 bits per heavy atom. The lowest BCUT2D eigenvalue weighted by atomic mass is 10.0. The zero-order chi connectivity index (χ0) is 10.8. The lowest BCUT2D eigenvalue weighted by molar-refractivity contribution is 0.891. The van der Waals surface area contributed by atoms with Crippen LogP contribution < -0.4 is 5.73 Å². The number of rotatable bonds is 2. The van der Waals surface area contributed by atoms with Crippen molar-refractivity contribution in [3.63, 3.8) is 0 Å². The van der Waals surface area contributed by atoms with E-state index in [0.717, 1.165) is 10.0 Å². The second-order valence-electron chi connectivity index (χ2n) is 3.50. The molecule has 0 amide bonds. The van der Waals surface area contributed by atoms with E-state index in [2.05, 4.69) is 52.5 Å². The van der Waals surface area contributed by atoms with E-state index in [1.54, 1.807) is 11.3 Å². The highest BCUT2D eigenvalue weighted by molar-refractivity contribution is 9.10.